The Morgan fingerprint density at radius 1 is 1.34 bits per heavy atom. The molecular formula is C20H19BrF2N4OS. The van der Waals surface area contributed by atoms with Crippen molar-refractivity contribution >= 4 is 33.2 Å². The van der Waals surface area contributed by atoms with E-state index in [1.54, 1.807) is 6.20 Å². The molecule has 1 atom stereocenters. The number of thiophene rings is 1. The summed E-state index contributed by atoms with van der Waals surface area (Å²) in [6.07, 6.45) is 3.94. The van der Waals surface area contributed by atoms with Gasteiger partial charge in [0.05, 0.1) is 21.2 Å². The van der Waals surface area contributed by atoms with Crippen molar-refractivity contribution in [1.82, 2.24) is 15.1 Å². The van der Waals surface area contributed by atoms with E-state index in [0.29, 0.717) is 16.9 Å². The van der Waals surface area contributed by atoms with E-state index in [1.165, 1.54) is 17.4 Å². The van der Waals surface area contributed by atoms with E-state index in [2.05, 4.69) is 26.3 Å². The third kappa shape index (κ3) is 4.12. The number of rotatable bonds is 5. The predicted octanol–water partition coefficient (Wildman–Crippen LogP) is 3.90. The maximum atomic E-state index is 13.4. The number of amides is 1. The molecule has 1 aromatic carbocycles. The monoisotopic (exact) mass is 480 g/mol. The van der Waals surface area contributed by atoms with Crippen LogP contribution in [0.4, 0.5) is 8.78 Å². The van der Waals surface area contributed by atoms with Gasteiger partial charge < -0.3 is 11.1 Å². The lowest BCUT2D eigenvalue weighted by molar-refractivity contribution is 0.0942. The second-order valence-corrected chi connectivity index (χ2v) is 8.97. The van der Waals surface area contributed by atoms with Gasteiger partial charge in [0.2, 0.25) is 0 Å². The molecule has 4 rings (SSSR count). The first-order chi connectivity index (χ1) is 14.0. The summed E-state index contributed by atoms with van der Waals surface area (Å²) in [4.78, 5) is 14.6. The van der Waals surface area contributed by atoms with Gasteiger partial charge in [-0.05, 0) is 59.0 Å². The molecule has 0 spiro atoms. The van der Waals surface area contributed by atoms with E-state index >= 15 is 0 Å². The highest BCUT2D eigenvalue weighted by molar-refractivity contribution is 9.10. The van der Waals surface area contributed by atoms with Crippen LogP contribution in [0.3, 0.4) is 0 Å². The molecule has 3 aromatic rings. The predicted molar refractivity (Wildman–Crippen MR) is 112 cm³/mol. The Labute approximate surface area is 179 Å². The smallest absolute Gasteiger partial charge is 0.261 e. The molecule has 9 heteroatoms. The highest BCUT2D eigenvalue weighted by atomic mass is 79.9. The summed E-state index contributed by atoms with van der Waals surface area (Å²) in [6, 6.07) is 5.23. The number of nitrogens with two attached hydrogens (primary N) is 1. The molecule has 1 unspecified atom stereocenters. The third-order valence-electron chi connectivity index (χ3n) is 4.94. The molecule has 3 heterocycles. The Hall–Kier alpha value is -2.10. The fourth-order valence-electron chi connectivity index (χ4n) is 3.52. The van der Waals surface area contributed by atoms with Crippen molar-refractivity contribution in [2.24, 2.45) is 5.73 Å². The van der Waals surface area contributed by atoms with Gasteiger partial charge in [-0.2, -0.15) is 5.10 Å². The highest BCUT2D eigenvalue weighted by Crippen LogP contribution is 2.38. The Kier molecular flexibility index (Phi) is 5.80. The molecule has 2 aromatic heterocycles. The molecule has 0 saturated heterocycles. The lowest BCUT2D eigenvalue weighted by Crippen LogP contribution is -2.41. The number of carbonyl (C=O) groups is 1. The lowest BCUT2D eigenvalue weighted by atomic mass is 10.1. The summed E-state index contributed by atoms with van der Waals surface area (Å²) in [7, 11) is 0. The molecule has 29 heavy (non-hydrogen) atoms. The van der Waals surface area contributed by atoms with Crippen molar-refractivity contribution in [3.63, 3.8) is 0 Å². The second-order valence-electron chi connectivity index (χ2n) is 6.97. The largest absolute Gasteiger partial charge is 0.347 e. The fourth-order valence-corrected chi connectivity index (χ4v) is 5.13. The van der Waals surface area contributed by atoms with Crippen molar-refractivity contribution in [2.75, 3.05) is 6.54 Å². The molecule has 3 N–H and O–H groups in total. The number of halogens is 3. The van der Waals surface area contributed by atoms with Crippen molar-refractivity contribution in [3.05, 3.63) is 61.9 Å². The van der Waals surface area contributed by atoms with Gasteiger partial charge in [-0.25, -0.2) is 8.78 Å². The summed E-state index contributed by atoms with van der Waals surface area (Å²) in [5, 5.41) is 7.31. The minimum absolute atomic E-state index is 0.189. The molecule has 0 fully saturated rings. The molecule has 0 saturated carbocycles. The first kappa shape index (κ1) is 20.2. The molecule has 152 valence electrons. The van der Waals surface area contributed by atoms with Gasteiger partial charge in [-0.15, -0.1) is 11.3 Å². The summed E-state index contributed by atoms with van der Waals surface area (Å²) in [6.45, 7) is 1.03. The van der Waals surface area contributed by atoms with Gasteiger partial charge in [0.25, 0.3) is 5.91 Å². The van der Waals surface area contributed by atoms with Crippen LogP contribution in [-0.2, 0) is 19.4 Å². The Balaban J connectivity index is 1.53. The number of aryl methyl sites for hydroxylation is 2. The van der Waals surface area contributed by atoms with Gasteiger partial charge in [-0.3, -0.25) is 9.48 Å². The number of carbonyl (C=O) groups excluding carboxylic acids is 1. The number of hydrogen-bond acceptors (Lipinski definition) is 4. The zero-order chi connectivity index (χ0) is 20.5. The van der Waals surface area contributed by atoms with Crippen LogP contribution in [0.5, 0.6) is 0 Å². The van der Waals surface area contributed by atoms with E-state index < -0.39 is 11.6 Å². The minimum Gasteiger partial charge on any atom is -0.347 e. The zero-order valence-electron chi connectivity index (χ0n) is 15.4. The topological polar surface area (TPSA) is 72.9 Å². The van der Waals surface area contributed by atoms with Crippen LogP contribution in [0.1, 0.15) is 26.5 Å². The molecule has 5 nitrogen and oxygen atoms in total. The van der Waals surface area contributed by atoms with Gasteiger partial charge in [0.1, 0.15) is 0 Å². The van der Waals surface area contributed by atoms with E-state index in [4.69, 9.17) is 5.73 Å². The SMILES string of the molecule is NCC(Cc1ccc(F)c(F)c1)NC(=O)c1cc2c(s1)CCCn1ncc(Br)c1-2. The van der Waals surface area contributed by atoms with Crippen molar-refractivity contribution in [3.8, 4) is 11.3 Å². The molecule has 0 aliphatic carbocycles. The van der Waals surface area contributed by atoms with Crippen LogP contribution in [0, 0.1) is 11.6 Å². The molecular weight excluding hydrogens is 462 g/mol. The number of aromatic nitrogens is 2. The molecule has 1 amide bonds. The fraction of sp³-hybridized carbons (Fsp3) is 0.300. The standard InChI is InChI=1S/C20H19BrF2N4OS/c21-14-10-25-27-5-1-2-17-13(19(14)27)8-18(29-17)20(28)26-12(9-24)6-11-3-4-15(22)16(23)7-11/h3-4,7-8,10,12H,1-2,5-6,9,24H2,(H,26,28). The Morgan fingerprint density at radius 2 is 2.17 bits per heavy atom. The van der Waals surface area contributed by atoms with Crippen LogP contribution in [-0.4, -0.2) is 28.3 Å². The zero-order valence-corrected chi connectivity index (χ0v) is 17.8. The van der Waals surface area contributed by atoms with Gasteiger partial charge >= 0.3 is 0 Å². The van der Waals surface area contributed by atoms with Crippen LogP contribution >= 0.6 is 27.3 Å². The summed E-state index contributed by atoms with van der Waals surface area (Å²) in [5.41, 5.74) is 8.39. The minimum atomic E-state index is -0.909. The van der Waals surface area contributed by atoms with Crippen LogP contribution < -0.4 is 11.1 Å². The summed E-state index contributed by atoms with van der Waals surface area (Å²) >= 11 is 5.02. The number of nitrogens with one attached hydrogen (secondary N) is 1. The Morgan fingerprint density at radius 3 is 2.93 bits per heavy atom. The van der Waals surface area contributed by atoms with Crippen molar-refractivity contribution in [1.29, 1.82) is 0 Å². The van der Waals surface area contributed by atoms with Crippen molar-refractivity contribution < 1.29 is 13.6 Å². The van der Waals surface area contributed by atoms with Gasteiger partial charge in [0, 0.05) is 29.6 Å². The van der Waals surface area contributed by atoms with E-state index in [9.17, 15) is 13.6 Å². The molecule has 1 aliphatic rings. The van der Waals surface area contributed by atoms with Crippen molar-refractivity contribution in [2.45, 2.75) is 31.8 Å². The van der Waals surface area contributed by atoms with Crippen LogP contribution in [0.2, 0.25) is 0 Å². The molecule has 0 bridgehead atoms. The highest BCUT2D eigenvalue weighted by Gasteiger charge is 2.24. The van der Waals surface area contributed by atoms with E-state index in [-0.39, 0.29) is 18.5 Å². The van der Waals surface area contributed by atoms with E-state index in [0.717, 1.165) is 52.1 Å². The van der Waals surface area contributed by atoms with Crippen LogP contribution in [0.25, 0.3) is 11.3 Å². The number of benzene rings is 1. The number of hydrogen-bond donors (Lipinski definition) is 2. The quantitative estimate of drug-likeness (QED) is 0.581. The maximum absolute atomic E-state index is 13.4. The summed E-state index contributed by atoms with van der Waals surface area (Å²) < 4.78 is 29.4. The number of nitrogens with zero attached hydrogens (tertiary/aromatic N) is 2. The first-order valence-electron chi connectivity index (χ1n) is 9.25. The van der Waals surface area contributed by atoms with Crippen LogP contribution in [0.15, 0.2) is 34.9 Å². The average Bonchev–Trinajstić information content (AvgIpc) is 3.23. The summed E-state index contributed by atoms with van der Waals surface area (Å²) in [5.74, 6) is -2.02. The normalized spacial score (nSPS) is 14.1. The Bertz CT molecular complexity index is 1060. The van der Waals surface area contributed by atoms with Gasteiger partial charge in [-0.1, -0.05) is 6.07 Å². The van der Waals surface area contributed by atoms with Gasteiger partial charge in [0.15, 0.2) is 11.6 Å². The molecule has 1 aliphatic heterocycles. The maximum Gasteiger partial charge on any atom is 0.261 e. The average molecular weight is 481 g/mol. The second kappa shape index (κ2) is 8.33. The van der Waals surface area contributed by atoms with E-state index in [1.807, 2.05) is 10.7 Å². The number of fused-ring (bicyclic) bond motifs is 3. The first-order valence-corrected chi connectivity index (χ1v) is 10.9. The third-order valence-corrected chi connectivity index (χ3v) is 6.72. The lowest BCUT2D eigenvalue weighted by Gasteiger charge is -2.16. The molecule has 0 radical (unpaired) electrons.